The highest BCUT2D eigenvalue weighted by molar-refractivity contribution is 9.10. The highest BCUT2D eigenvalue weighted by atomic mass is 79.9. The average Bonchev–Trinajstić information content (AvgIpc) is 3.34. The minimum atomic E-state index is -0.547. The zero-order chi connectivity index (χ0) is 21.2. The predicted molar refractivity (Wildman–Crippen MR) is 117 cm³/mol. The fraction of sp³-hybridized carbons (Fsp3) is 0.435. The summed E-state index contributed by atoms with van der Waals surface area (Å²) in [4.78, 5) is 29.6. The molecule has 1 N–H and O–H groups in total. The van der Waals surface area contributed by atoms with Crippen LogP contribution in [-0.4, -0.2) is 22.5 Å². The summed E-state index contributed by atoms with van der Waals surface area (Å²) < 4.78 is 6.26. The second-order valence-electron chi connectivity index (χ2n) is 8.73. The Morgan fingerprint density at radius 2 is 1.86 bits per heavy atom. The highest BCUT2D eigenvalue weighted by Crippen LogP contribution is 2.44. The van der Waals surface area contributed by atoms with Crippen molar-refractivity contribution in [1.29, 1.82) is 0 Å². The molecule has 154 valence electrons. The number of benzene rings is 1. The van der Waals surface area contributed by atoms with Gasteiger partial charge in [0.1, 0.15) is 5.60 Å². The van der Waals surface area contributed by atoms with E-state index in [1.165, 1.54) is 0 Å². The van der Waals surface area contributed by atoms with Crippen LogP contribution in [0.15, 0.2) is 47.1 Å². The predicted octanol–water partition coefficient (Wildman–Crippen LogP) is 5.57. The van der Waals surface area contributed by atoms with Crippen molar-refractivity contribution in [2.75, 3.05) is 5.32 Å². The van der Waals surface area contributed by atoms with Gasteiger partial charge in [-0.3, -0.25) is 9.78 Å². The Kier molecular flexibility index (Phi) is 6.42. The van der Waals surface area contributed by atoms with Gasteiger partial charge in [0, 0.05) is 16.4 Å². The largest absolute Gasteiger partial charge is 0.456 e. The van der Waals surface area contributed by atoms with Gasteiger partial charge in [-0.1, -0.05) is 6.92 Å². The van der Waals surface area contributed by atoms with Gasteiger partial charge in [-0.15, -0.1) is 0 Å². The van der Waals surface area contributed by atoms with Crippen molar-refractivity contribution < 1.29 is 14.3 Å². The van der Waals surface area contributed by atoms with Gasteiger partial charge >= 0.3 is 5.97 Å². The van der Waals surface area contributed by atoms with Crippen LogP contribution >= 0.6 is 15.9 Å². The van der Waals surface area contributed by atoms with Crippen LogP contribution in [0.5, 0.6) is 0 Å². The third-order valence-electron chi connectivity index (χ3n) is 5.03. The number of nitrogens with zero attached hydrogens (tertiary/aromatic N) is 1. The SMILES string of the molecule is CC1CC1CC(C(=O)Nc1ccc(C(=O)OC(C)(C)C)cc1)c1ccc(Br)cn1. The number of carbonyl (C=O) groups is 2. The van der Waals surface area contributed by atoms with E-state index in [0.717, 1.165) is 23.0 Å². The molecule has 0 aliphatic heterocycles. The lowest BCUT2D eigenvalue weighted by atomic mass is 9.96. The third-order valence-corrected chi connectivity index (χ3v) is 5.49. The summed E-state index contributed by atoms with van der Waals surface area (Å²) in [7, 11) is 0. The number of ether oxygens (including phenoxy) is 1. The van der Waals surface area contributed by atoms with Gasteiger partial charge in [0.2, 0.25) is 5.91 Å². The number of aromatic nitrogens is 1. The van der Waals surface area contributed by atoms with Gasteiger partial charge in [0.25, 0.3) is 0 Å². The molecular weight excluding hydrogens is 432 g/mol. The maximum Gasteiger partial charge on any atom is 0.338 e. The number of pyridine rings is 1. The van der Waals surface area contributed by atoms with Crippen LogP contribution in [0.2, 0.25) is 0 Å². The minimum Gasteiger partial charge on any atom is -0.456 e. The summed E-state index contributed by atoms with van der Waals surface area (Å²) in [5.41, 5.74) is 1.33. The molecule has 1 saturated carbocycles. The Balaban J connectivity index is 1.70. The Labute approximate surface area is 180 Å². The van der Waals surface area contributed by atoms with Crippen molar-refractivity contribution in [3.8, 4) is 0 Å². The van der Waals surface area contributed by atoms with E-state index in [0.29, 0.717) is 23.1 Å². The summed E-state index contributed by atoms with van der Waals surface area (Å²) >= 11 is 3.39. The van der Waals surface area contributed by atoms with E-state index < -0.39 is 5.60 Å². The number of amides is 1. The molecule has 1 aromatic heterocycles. The molecule has 1 heterocycles. The lowest BCUT2D eigenvalue weighted by Gasteiger charge is -2.19. The molecule has 1 amide bonds. The molecule has 6 heteroatoms. The monoisotopic (exact) mass is 458 g/mol. The molecule has 3 atom stereocenters. The topological polar surface area (TPSA) is 68.3 Å². The maximum absolute atomic E-state index is 13.0. The van der Waals surface area contributed by atoms with Crippen molar-refractivity contribution in [2.24, 2.45) is 11.8 Å². The fourth-order valence-corrected chi connectivity index (χ4v) is 3.48. The second-order valence-corrected chi connectivity index (χ2v) is 9.65. The van der Waals surface area contributed by atoms with Gasteiger partial charge in [0.15, 0.2) is 0 Å². The van der Waals surface area contributed by atoms with E-state index in [1.807, 2.05) is 32.9 Å². The molecule has 0 bridgehead atoms. The van der Waals surface area contributed by atoms with E-state index in [4.69, 9.17) is 4.74 Å². The van der Waals surface area contributed by atoms with Crippen molar-refractivity contribution in [2.45, 2.75) is 52.1 Å². The molecule has 2 aromatic rings. The van der Waals surface area contributed by atoms with Crippen LogP contribution in [0.25, 0.3) is 0 Å². The van der Waals surface area contributed by atoms with Gasteiger partial charge in [0.05, 0.1) is 17.2 Å². The number of hydrogen-bond donors (Lipinski definition) is 1. The van der Waals surface area contributed by atoms with Crippen molar-refractivity contribution in [3.05, 3.63) is 58.3 Å². The summed E-state index contributed by atoms with van der Waals surface area (Å²) in [6.45, 7) is 7.70. The smallest absolute Gasteiger partial charge is 0.338 e. The first-order valence-corrected chi connectivity index (χ1v) is 10.7. The first kappa shape index (κ1) is 21.5. The van der Waals surface area contributed by atoms with E-state index in [2.05, 4.69) is 33.2 Å². The minimum absolute atomic E-state index is 0.0797. The van der Waals surface area contributed by atoms with Gasteiger partial charge in [-0.05, 0) is 97.8 Å². The van der Waals surface area contributed by atoms with Gasteiger partial charge < -0.3 is 10.1 Å². The molecule has 0 radical (unpaired) electrons. The number of carbonyl (C=O) groups excluding carboxylic acids is 2. The zero-order valence-corrected chi connectivity index (χ0v) is 18.8. The second kappa shape index (κ2) is 8.66. The molecule has 1 aliphatic carbocycles. The Morgan fingerprint density at radius 1 is 1.21 bits per heavy atom. The molecule has 0 spiro atoms. The number of halogens is 1. The Bertz CT molecular complexity index is 872. The highest BCUT2D eigenvalue weighted by Gasteiger charge is 2.37. The molecule has 3 rings (SSSR count). The van der Waals surface area contributed by atoms with Crippen molar-refractivity contribution >= 4 is 33.5 Å². The van der Waals surface area contributed by atoms with Crippen LogP contribution in [0.4, 0.5) is 5.69 Å². The quantitative estimate of drug-likeness (QED) is 0.574. The number of nitrogens with one attached hydrogen (secondary N) is 1. The van der Waals surface area contributed by atoms with Crippen LogP contribution in [0, 0.1) is 11.8 Å². The fourth-order valence-electron chi connectivity index (χ4n) is 3.24. The van der Waals surface area contributed by atoms with E-state index in [1.54, 1.807) is 30.5 Å². The third kappa shape index (κ3) is 6.13. The van der Waals surface area contributed by atoms with Gasteiger partial charge in [-0.25, -0.2) is 4.79 Å². The van der Waals surface area contributed by atoms with Crippen molar-refractivity contribution in [1.82, 2.24) is 4.98 Å². The first-order valence-electron chi connectivity index (χ1n) is 9.88. The Morgan fingerprint density at radius 3 is 2.38 bits per heavy atom. The first-order chi connectivity index (χ1) is 13.6. The molecule has 3 unspecified atom stereocenters. The summed E-state index contributed by atoms with van der Waals surface area (Å²) in [5.74, 6) is 0.460. The number of hydrogen-bond acceptors (Lipinski definition) is 4. The molecule has 5 nitrogen and oxygen atoms in total. The van der Waals surface area contributed by atoms with Crippen LogP contribution < -0.4 is 5.32 Å². The van der Waals surface area contributed by atoms with Crippen LogP contribution in [0.3, 0.4) is 0 Å². The van der Waals surface area contributed by atoms with Crippen LogP contribution in [0.1, 0.15) is 62.5 Å². The molecule has 1 fully saturated rings. The molecular formula is C23H27BrN2O3. The van der Waals surface area contributed by atoms with E-state index in [9.17, 15) is 9.59 Å². The number of anilines is 1. The van der Waals surface area contributed by atoms with Crippen LogP contribution in [-0.2, 0) is 9.53 Å². The van der Waals surface area contributed by atoms with E-state index >= 15 is 0 Å². The molecule has 0 saturated heterocycles. The molecule has 29 heavy (non-hydrogen) atoms. The standard InChI is InChI=1S/C23H27BrN2O3/c1-14-11-16(14)12-19(20-10-7-17(24)13-25-20)21(27)26-18-8-5-15(6-9-18)22(28)29-23(2,3)4/h5-10,13-14,16,19H,11-12H2,1-4H3,(H,26,27). The van der Waals surface area contributed by atoms with Crippen molar-refractivity contribution in [3.63, 3.8) is 0 Å². The summed E-state index contributed by atoms with van der Waals surface area (Å²) in [6.07, 6.45) is 3.67. The molecule has 1 aliphatic rings. The normalized spacial score (nSPS) is 19.3. The molecule has 1 aromatic carbocycles. The summed E-state index contributed by atoms with van der Waals surface area (Å²) in [6, 6.07) is 10.6. The average molecular weight is 459 g/mol. The number of rotatable bonds is 6. The summed E-state index contributed by atoms with van der Waals surface area (Å²) in [5, 5.41) is 2.97. The lowest BCUT2D eigenvalue weighted by molar-refractivity contribution is -0.117. The van der Waals surface area contributed by atoms with Gasteiger partial charge in [-0.2, -0.15) is 0 Å². The maximum atomic E-state index is 13.0. The lowest BCUT2D eigenvalue weighted by Crippen LogP contribution is -2.24. The zero-order valence-electron chi connectivity index (χ0n) is 17.2. The number of esters is 1. The Hall–Kier alpha value is -2.21. The van der Waals surface area contributed by atoms with E-state index in [-0.39, 0.29) is 17.8 Å².